The minimum absolute atomic E-state index is 0.228. The summed E-state index contributed by atoms with van der Waals surface area (Å²) in [5.74, 6) is -0.00969. The Labute approximate surface area is 120 Å². The third kappa shape index (κ3) is 4.90. The maximum atomic E-state index is 11.9. The van der Waals surface area contributed by atoms with Crippen LogP contribution in [0.5, 0.6) is 5.75 Å². The molecule has 0 aliphatic rings. The number of halogens is 1. The number of carbonyl (C=O) groups excluding carboxylic acids is 2. The average Bonchev–Trinajstić information content (AvgIpc) is 2.42. The van der Waals surface area contributed by atoms with Crippen molar-refractivity contribution in [3.63, 3.8) is 0 Å². The SMILES string of the molecule is COC(=O)CCCNC(=O)c1ccc(Br)cc1OC. The lowest BCUT2D eigenvalue weighted by Crippen LogP contribution is -2.25. The lowest BCUT2D eigenvalue weighted by Gasteiger charge is -2.09. The van der Waals surface area contributed by atoms with E-state index in [0.717, 1.165) is 4.47 Å². The number of ether oxygens (including phenoxy) is 2. The number of esters is 1. The van der Waals surface area contributed by atoms with Crippen LogP contribution in [0, 0.1) is 0 Å². The van der Waals surface area contributed by atoms with Gasteiger partial charge in [-0.2, -0.15) is 0 Å². The summed E-state index contributed by atoms with van der Waals surface area (Å²) < 4.78 is 10.5. The Morgan fingerprint density at radius 3 is 2.68 bits per heavy atom. The molecule has 0 saturated carbocycles. The van der Waals surface area contributed by atoms with E-state index in [1.807, 2.05) is 0 Å². The van der Waals surface area contributed by atoms with Crippen molar-refractivity contribution in [2.75, 3.05) is 20.8 Å². The van der Waals surface area contributed by atoms with Crippen LogP contribution in [-0.2, 0) is 9.53 Å². The van der Waals surface area contributed by atoms with Crippen molar-refractivity contribution in [3.8, 4) is 5.75 Å². The molecule has 1 amide bonds. The lowest BCUT2D eigenvalue weighted by atomic mass is 10.2. The van der Waals surface area contributed by atoms with Crippen LogP contribution in [0.2, 0.25) is 0 Å². The molecular formula is C13H16BrNO4. The molecule has 0 atom stereocenters. The summed E-state index contributed by atoms with van der Waals surface area (Å²) in [6.07, 6.45) is 0.825. The Bertz CT molecular complexity index is 462. The first-order valence-electron chi connectivity index (χ1n) is 5.77. The van der Waals surface area contributed by atoms with Gasteiger partial charge >= 0.3 is 5.97 Å². The van der Waals surface area contributed by atoms with Crippen LogP contribution in [0.25, 0.3) is 0 Å². The van der Waals surface area contributed by atoms with Gasteiger partial charge in [-0.25, -0.2) is 0 Å². The molecule has 1 aromatic carbocycles. The molecule has 1 N–H and O–H groups in total. The van der Waals surface area contributed by atoms with Crippen molar-refractivity contribution < 1.29 is 19.1 Å². The Morgan fingerprint density at radius 1 is 1.32 bits per heavy atom. The van der Waals surface area contributed by atoms with E-state index in [1.165, 1.54) is 14.2 Å². The number of rotatable bonds is 6. The number of methoxy groups -OCH3 is 2. The highest BCUT2D eigenvalue weighted by atomic mass is 79.9. The fraction of sp³-hybridized carbons (Fsp3) is 0.385. The van der Waals surface area contributed by atoms with Gasteiger partial charge in [0.1, 0.15) is 5.75 Å². The van der Waals surface area contributed by atoms with Crippen molar-refractivity contribution in [2.24, 2.45) is 0 Å². The normalized spacial score (nSPS) is 9.84. The number of amides is 1. The van der Waals surface area contributed by atoms with Crippen LogP contribution >= 0.6 is 15.9 Å². The van der Waals surface area contributed by atoms with E-state index in [1.54, 1.807) is 18.2 Å². The Kier molecular flexibility index (Phi) is 6.35. The van der Waals surface area contributed by atoms with E-state index in [2.05, 4.69) is 26.0 Å². The van der Waals surface area contributed by atoms with Gasteiger partial charge in [0, 0.05) is 17.4 Å². The molecule has 0 bridgehead atoms. The maximum Gasteiger partial charge on any atom is 0.305 e. The van der Waals surface area contributed by atoms with Gasteiger partial charge in [0.15, 0.2) is 0 Å². The number of hydrogen-bond acceptors (Lipinski definition) is 4. The van der Waals surface area contributed by atoms with Crippen molar-refractivity contribution in [1.82, 2.24) is 5.32 Å². The molecular weight excluding hydrogens is 314 g/mol. The molecule has 5 nitrogen and oxygen atoms in total. The summed E-state index contributed by atoms with van der Waals surface area (Å²) in [7, 11) is 2.85. The van der Waals surface area contributed by atoms with Crippen LogP contribution < -0.4 is 10.1 Å². The second kappa shape index (κ2) is 7.78. The van der Waals surface area contributed by atoms with Gasteiger partial charge in [0.2, 0.25) is 0 Å². The molecule has 0 saturated heterocycles. The molecule has 0 aromatic heterocycles. The molecule has 6 heteroatoms. The molecule has 1 rings (SSSR count). The van der Waals surface area contributed by atoms with Gasteiger partial charge in [0.25, 0.3) is 5.91 Å². The molecule has 0 heterocycles. The Balaban J connectivity index is 2.52. The number of hydrogen-bond donors (Lipinski definition) is 1. The second-order valence-corrected chi connectivity index (χ2v) is 4.70. The Hall–Kier alpha value is -1.56. The van der Waals surface area contributed by atoms with Crippen LogP contribution in [0.4, 0.5) is 0 Å². The maximum absolute atomic E-state index is 11.9. The average molecular weight is 330 g/mol. The predicted octanol–water partition coefficient (Wildman–Crippen LogP) is 2.14. The first-order valence-corrected chi connectivity index (χ1v) is 6.56. The van der Waals surface area contributed by atoms with E-state index in [-0.39, 0.29) is 18.3 Å². The zero-order chi connectivity index (χ0) is 14.3. The summed E-state index contributed by atoms with van der Waals surface area (Å²) in [5.41, 5.74) is 0.462. The van der Waals surface area contributed by atoms with Crippen LogP contribution in [0.1, 0.15) is 23.2 Å². The highest BCUT2D eigenvalue weighted by Gasteiger charge is 2.12. The number of carbonyl (C=O) groups is 2. The molecule has 19 heavy (non-hydrogen) atoms. The molecule has 1 aromatic rings. The summed E-state index contributed by atoms with van der Waals surface area (Å²) in [5, 5.41) is 2.73. The third-order valence-electron chi connectivity index (χ3n) is 2.48. The summed E-state index contributed by atoms with van der Waals surface area (Å²) >= 11 is 3.31. The van der Waals surface area contributed by atoms with Gasteiger partial charge in [-0.1, -0.05) is 15.9 Å². The quantitative estimate of drug-likeness (QED) is 0.641. The highest BCUT2D eigenvalue weighted by molar-refractivity contribution is 9.10. The molecule has 0 aliphatic carbocycles. The topological polar surface area (TPSA) is 64.6 Å². The lowest BCUT2D eigenvalue weighted by molar-refractivity contribution is -0.140. The minimum atomic E-state index is -0.282. The van der Waals surface area contributed by atoms with Gasteiger partial charge in [0.05, 0.1) is 19.8 Å². The molecule has 0 aliphatic heterocycles. The van der Waals surface area contributed by atoms with Crippen LogP contribution in [0.3, 0.4) is 0 Å². The standard InChI is InChI=1S/C13H16BrNO4/c1-18-11-8-9(14)5-6-10(11)13(17)15-7-3-4-12(16)19-2/h5-6,8H,3-4,7H2,1-2H3,(H,15,17). The van der Waals surface area contributed by atoms with Crippen molar-refractivity contribution in [3.05, 3.63) is 28.2 Å². The number of benzene rings is 1. The third-order valence-corrected chi connectivity index (χ3v) is 2.97. The fourth-order valence-electron chi connectivity index (χ4n) is 1.48. The fourth-order valence-corrected chi connectivity index (χ4v) is 1.82. The summed E-state index contributed by atoms with van der Waals surface area (Å²) in [6.45, 7) is 0.410. The van der Waals surface area contributed by atoms with Gasteiger partial charge in [-0.15, -0.1) is 0 Å². The van der Waals surface area contributed by atoms with Crippen LogP contribution in [0.15, 0.2) is 22.7 Å². The summed E-state index contributed by atoms with van der Waals surface area (Å²) in [4.78, 5) is 22.8. The monoisotopic (exact) mass is 329 g/mol. The molecule has 0 unspecified atom stereocenters. The minimum Gasteiger partial charge on any atom is -0.496 e. The molecule has 0 fully saturated rings. The van der Waals surface area contributed by atoms with Crippen molar-refractivity contribution >= 4 is 27.8 Å². The van der Waals surface area contributed by atoms with E-state index >= 15 is 0 Å². The number of nitrogens with one attached hydrogen (secondary N) is 1. The van der Waals surface area contributed by atoms with E-state index in [0.29, 0.717) is 24.3 Å². The molecule has 104 valence electrons. The van der Waals surface area contributed by atoms with Crippen molar-refractivity contribution in [2.45, 2.75) is 12.8 Å². The molecule has 0 spiro atoms. The second-order valence-electron chi connectivity index (χ2n) is 3.78. The van der Waals surface area contributed by atoms with Gasteiger partial charge in [-0.05, 0) is 24.6 Å². The predicted molar refractivity (Wildman–Crippen MR) is 74.3 cm³/mol. The molecule has 0 radical (unpaired) electrons. The smallest absolute Gasteiger partial charge is 0.305 e. The largest absolute Gasteiger partial charge is 0.496 e. The van der Waals surface area contributed by atoms with E-state index in [4.69, 9.17) is 4.74 Å². The highest BCUT2D eigenvalue weighted by Crippen LogP contribution is 2.23. The van der Waals surface area contributed by atoms with Gasteiger partial charge < -0.3 is 14.8 Å². The Morgan fingerprint density at radius 2 is 2.05 bits per heavy atom. The zero-order valence-electron chi connectivity index (χ0n) is 10.9. The van der Waals surface area contributed by atoms with E-state index in [9.17, 15) is 9.59 Å². The van der Waals surface area contributed by atoms with Crippen molar-refractivity contribution in [1.29, 1.82) is 0 Å². The first-order chi connectivity index (χ1) is 9.08. The summed E-state index contributed by atoms with van der Waals surface area (Å²) in [6, 6.07) is 5.17. The zero-order valence-corrected chi connectivity index (χ0v) is 12.5. The first kappa shape index (κ1) is 15.5. The van der Waals surface area contributed by atoms with Crippen LogP contribution in [-0.4, -0.2) is 32.6 Å². The van der Waals surface area contributed by atoms with E-state index < -0.39 is 0 Å². The van der Waals surface area contributed by atoms with Gasteiger partial charge in [-0.3, -0.25) is 9.59 Å².